The first kappa shape index (κ1) is 23.9. The molecule has 0 saturated heterocycles. The quantitative estimate of drug-likeness (QED) is 0.241. The molecule has 1 aromatic heterocycles. The van der Waals surface area contributed by atoms with Gasteiger partial charge < -0.3 is 15.6 Å². The van der Waals surface area contributed by atoms with E-state index in [0.29, 0.717) is 29.9 Å². The van der Waals surface area contributed by atoms with Crippen molar-refractivity contribution in [2.24, 2.45) is 0 Å². The highest BCUT2D eigenvalue weighted by molar-refractivity contribution is 7.99. The van der Waals surface area contributed by atoms with Gasteiger partial charge in [-0.25, -0.2) is 4.98 Å². The molecule has 8 nitrogen and oxygen atoms in total. The van der Waals surface area contributed by atoms with E-state index < -0.39 is 0 Å². The third kappa shape index (κ3) is 8.04. The molecule has 0 saturated carbocycles. The average Bonchev–Trinajstić information content (AvgIpc) is 2.78. The topological polar surface area (TPSA) is 121 Å². The first-order valence-corrected chi connectivity index (χ1v) is 11.3. The van der Waals surface area contributed by atoms with Crippen LogP contribution >= 0.6 is 11.8 Å². The molecular weight excluding hydrogens is 440 g/mol. The lowest BCUT2D eigenvalue weighted by Gasteiger charge is -2.07. The number of nitrogens with one attached hydrogen (secondary N) is 3. The van der Waals surface area contributed by atoms with Crippen molar-refractivity contribution in [3.05, 3.63) is 87.8 Å². The Kier molecular flexibility index (Phi) is 8.54. The van der Waals surface area contributed by atoms with Crippen molar-refractivity contribution in [3.8, 4) is 0 Å². The van der Waals surface area contributed by atoms with Gasteiger partial charge in [-0.3, -0.25) is 19.2 Å². The highest BCUT2D eigenvalue weighted by Gasteiger charge is 2.10. The molecule has 2 aromatic carbocycles. The fraction of sp³-hybridized carbons (Fsp3) is 0.208. The lowest BCUT2D eigenvalue weighted by Crippen LogP contribution is -2.28. The molecule has 0 spiro atoms. The number of hydrogen-bond donors (Lipinski definition) is 3. The maximum absolute atomic E-state index is 12.2. The largest absolute Gasteiger partial charge is 0.355 e. The predicted octanol–water partition coefficient (Wildman–Crippen LogP) is 2.60. The van der Waals surface area contributed by atoms with Crippen molar-refractivity contribution in [3.63, 3.8) is 0 Å². The van der Waals surface area contributed by atoms with Gasteiger partial charge in [0.15, 0.2) is 10.9 Å². The maximum Gasteiger partial charge on any atom is 0.251 e. The van der Waals surface area contributed by atoms with E-state index in [-0.39, 0.29) is 40.5 Å². The monoisotopic (exact) mass is 464 g/mol. The summed E-state index contributed by atoms with van der Waals surface area (Å²) < 4.78 is 0. The van der Waals surface area contributed by atoms with E-state index in [2.05, 4.69) is 20.6 Å². The summed E-state index contributed by atoms with van der Waals surface area (Å²) in [6.45, 7) is 1.96. The fourth-order valence-electron chi connectivity index (χ4n) is 2.98. The van der Waals surface area contributed by atoms with Gasteiger partial charge in [-0.1, -0.05) is 42.1 Å². The molecule has 0 radical (unpaired) electrons. The molecule has 0 unspecified atom stereocenters. The van der Waals surface area contributed by atoms with Crippen LogP contribution in [0.15, 0.2) is 70.6 Å². The molecule has 1 heterocycles. The minimum atomic E-state index is -0.389. The van der Waals surface area contributed by atoms with E-state index in [1.165, 1.54) is 13.0 Å². The number of aromatic amines is 1. The van der Waals surface area contributed by atoms with Crippen LogP contribution in [0.3, 0.4) is 0 Å². The van der Waals surface area contributed by atoms with Crippen LogP contribution in [0.5, 0.6) is 0 Å². The van der Waals surface area contributed by atoms with Crippen LogP contribution in [0.2, 0.25) is 0 Å². The highest BCUT2D eigenvalue weighted by atomic mass is 32.2. The number of Topliss-reactive ketones (excluding diaryl/α,β-unsaturated/α-hetero) is 1. The molecule has 0 aliphatic rings. The van der Waals surface area contributed by atoms with E-state index in [1.807, 2.05) is 30.3 Å². The fourth-order valence-corrected chi connectivity index (χ4v) is 3.67. The van der Waals surface area contributed by atoms with Gasteiger partial charge in [0.2, 0.25) is 11.8 Å². The standard InChI is InChI=1S/C24H24N4O4S/c1-16(29)18-7-9-19(10-8-18)26-23(32)15-33-24-27-20(14-22(31)28-24)13-21(30)25-12-11-17-5-3-2-4-6-17/h2-10,14H,11-13,15H2,1H3,(H,25,30)(H,26,32)(H,27,28,31). The van der Waals surface area contributed by atoms with Gasteiger partial charge >= 0.3 is 0 Å². The third-order valence-corrected chi connectivity index (χ3v) is 5.48. The smallest absolute Gasteiger partial charge is 0.251 e. The number of thioether (sulfide) groups is 1. The Labute approximate surface area is 195 Å². The van der Waals surface area contributed by atoms with Gasteiger partial charge in [-0.2, -0.15) is 0 Å². The lowest BCUT2D eigenvalue weighted by molar-refractivity contribution is -0.120. The van der Waals surface area contributed by atoms with E-state index in [0.717, 1.165) is 17.3 Å². The molecule has 0 aliphatic heterocycles. The molecular formula is C24H24N4O4S. The van der Waals surface area contributed by atoms with E-state index in [9.17, 15) is 19.2 Å². The normalized spacial score (nSPS) is 10.5. The van der Waals surface area contributed by atoms with Crippen LogP contribution in [-0.4, -0.2) is 39.9 Å². The number of rotatable bonds is 10. The Balaban J connectivity index is 1.48. The van der Waals surface area contributed by atoms with E-state index >= 15 is 0 Å². The molecule has 2 amide bonds. The summed E-state index contributed by atoms with van der Waals surface area (Å²) >= 11 is 1.06. The summed E-state index contributed by atoms with van der Waals surface area (Å²) in [5.74, 6) is -0.554. The SMILES string of the molecule is CC(=O)c1ccc(NC(=O)CSc2nc(CC(=O)NCCc3ccccc3)cc(=O)[nH]2)cc1. The molecule has 0 bridgehead atoms. The summed E-state index contributed by atoms with van der Waals surface area (Å²) in [5.41, 5.74) is 2.19. The van der Waals surface area contributed by atoms with E-state index in [1.54, 1.807) is 24.3 Å². The number of carbonyl (C=O) groups is 3. The Hall–Kier alpha value is -3.72. The zero-order valence-corrected chi connectivity index (χ0v) is 18.9. The van der Waals surface area contributed by atoms with Gasteiger partial charge in [-0.15, -0.1) is 0 Å². The first-order chi connectivity index (χ1) is 15.9. The van der Waals surface area contributed by atoms with Gasteiger partial charge in [-0.05, 0) is 43.2 Å². The van der Waals surface area contributed by atoms with Crippen LogP contribution < -0.4 is 16.2 Å². The lowest BCUT2D eigenvalue weighted by atomic mass is 10.1. The number of carbonyl (C=O) groups excluding carboxylic acids is 3. The Morgan fingerprint density at radius 3 is 2.42 bits per heavy atom. The van der Waals surface area contributed by atoms with Crippen molar-refractivity contribution < 1.29 is 14.4 Å². The molecule has 33 heavy (non-hydrogen) atoms. The van der Waals surface area contributed by atoms with Crippen LogP contribution in [0, 0.1) is 0 Å². The van der Waals surface area contributed by atoms with Crippen molar-refractivity contribution in [1.82, 2.24) is 15.3 Å². The molecule has 0 aliphatic carbocycles. The summed E-state index contributed by atoms with van der Waals surface area (Å²) in [5, 5.41) is 5.81. The summed E-state index contributed by atoms with van der Waals surface area (Å²) in [6.07, 6.45) is 0.685. The van der Waals surface area contributed by atoms with Crippen LogP contribution in [-0.2, 0) is 22.4 Å². The Morgan fingerprint density at radius 1 is 1.00 bits per heavy atom. The molecule has 9 heteroatoms. The molecule has 3 N–H and O–H groups in total. The van der Waals surface area contributed by atoms with Gasteiger partial charge in [0.25, 0.3) is 5.56 Å². The second-order valence-corrected chi connectivity index (χ2v) is 8.24. The molecule has 0 fully saturated rings. The predicted molar refractivity (Wildman–Crippen MR) is 128 cm³/mol. The number of aromatic nitrogens is 2. The summed E-state index contributed by atoms with van der Waals surface area (Å²) in [4.78, 5) is 54.5. The minimum absolute atomic E-state index is 0.0180. The third-order valence-electron chi connectivity index (χ3n) is 4.61. The van der Waals surface area contributed by atoms with Crippen molar-refractivity contribution in [2.45, 2.75) is 24.9 Å². The zero-order chi connectivity index (χ0) is 23.6. The number of H-pyrrole nitrogens is 1. The number of anilines is 1. The first-order valence-electron chi connectivity index (χ1n) is 10.3. The van der Waals surface area contributed by atoms with Gasteiger partial charge in [0.1, 0.15) is 0 Å². The molecule has 170 valence electrons. The van der Waals surface area contributed by atoms with Crippen molar-refractivity contribution in [1.29, 1.82) is 0 Å². The number of benzene rings is 2. The second-order valence-electron chi connectivity index (χ2n) is 7.27. The molecule has 0 atom stereocenters. The zero-order valence-electron chi connectivity index (χ0n) is 18.1. The average molecular weight is 465 g/mol. The Bertz CT molecular complexity index is 1180. The second kappa shape index (κ2) is 11.8. The van der Waals surface area contributed by atoms with Crippen molar-refractivity contribution >= 4 is 35.0 Å². The maximum atomic E-state index is 12.2. The number of ketones is 1. The Morgan fingerprint density at radius 2 is 1.73 bits per heavy atom. The summed E-state index contributed by atoms with van der Waals surface area (Å²) in [7, 11) is 0. The number of amides is 2. The highest BCUT2D eigenvalue weighted by Crippen LogP contribution is 2.14. The van der Waals surface area contributed by atoms with E-state index in [4.69, 9.17) is 0 Å². The molecule has 3 aromatic rings. The van der Waals surface area contributed by atoms with Gasteiger partial charge in [0, 0.05) is 23.9 Å². The van der Waals surface area contributed by atoms with Crippen LogP contribution in [0.4, 0.5) is 5.69 Å². The summed E-state index contributed by atoms with van der Waals surface area (Å²) in [6, 6.07) is 17.7. The van der Waals surface area contributed by atoms with Crippen LogP contribution in [0.25, 0.3) is 0 Å². The molecule has 3 rings (SSSR count). The van der Waals surface area contributed by atoms with Crippen LogP contribution in [0.1, 0.15) is 28.5 Å². The minimum Gasteiger partial charge on any atom is -0.355 e. The van der Waals surface area contributed by atoms with Gasteiger partial charge in [0.05, 0.1) is 17.9 Å². The number of nitrogens with zero attached hydrogens (tertiary/aromatic N) is 1. The van der Waals surface area contributed by atoms with Crippen molar-refractivity contribution in [2.75, 3.05) is 17.6 Å². The number of hydrogen-bond acceptors (Lipinski definition) is 6.